The predicted molar refractivity (Wildman–Crippen MR) is 62.4 cm³/mol. The molecule has 0 spiro atoms. The molecule has 0 bridgehead atoms. The third-order valence-electron chi connectivity index (χ3n) is 2.02. The van der Waals surface area contributed by atoms with Gasteiger partial charge in [0.05, 0.1) is 7.11 Å². The average Bonchev–Trinajstić information content (AvgIpc) is 2.26. The van der Waals surface area contributed by atoms with Crippen LogP contribution in [-0.2, 0) is 4.79 Å². The van der Waals surface area contributed by atoms with Crippen LogP contribution in [0.5, 0.6) is 11.5 Å². The van der Waals surface area contributed by atoms with Gasteiger partial charge in [-0.25, -0.2) is 0 Å². The van der Waals surface area contributed by atoms with Gasteiger partial charge in [0, 0.05) is 19.0 Å². The number of para-hydroxylation sites is 1. The average molecular weight is 221 g/mol. The third kappa shape index (κ3) is 3.31. The molecule has 4 heteroatoms. The van der Waals surface area contributed by atoms with Crippen molar-refractivity contribution in [3.63, 3.8) is 0 Å². The monoisotopic (exact) mass is 221 g/mol. The van der Waals surface area contributed by atoms with Crippen molar-refractivity contribution in [2.24, 2.45) is 0 Å². The first-order valence-corrected chi connectivity index (χ1v) is 4.92. The molecule has 4 nitrogen and oxygen atoms in total. The number of aromatic hydroxyl groups is 1. The minimum Gasteiger partial charge on any atom is -0.504 e. The van der Waals surface area contributed by atoms with Gasteiger partial charge in [-0.1, -0.05) is 24.3 Å². The standard InChI is InChI=1S/C12H15NO3/c1-9(14)13-8-4-6-10-5-3-7-11(16-2)12(10)15/h3-7,15H,8H2,1-2H3,(H,13,14). The van der Waals surface area contributed by atoms with E-state index in [-0.39, 0.29) is 11.7 Å². The molecule has 0 fully saturated rings. The highest BCUT2D eigenvalue weighted by Crippen LogP contribution is 2.29. The van der Waals surface area contributed by atoms with E-state index in [0.717, 1.165) is 0 Å². The second-order valence-electron chi connectivity index (χ2n) is 3.24. The van der Waals surface area contributed by atoms with Crippen molar-refractivity contribution >= 4 is 12.0 Å². The number of carbonyl (C=O) groups is 1. The van der Waals surface area contributed by atoms with Crippen LogP contribution in [0.1, 0.15) is 12.5 Å². The summed E-state index contributed by atoms with van der Waals surface area (Å²) in [6, 6.07) is 5.24. The van der Waals surface area contributed by atoms with Gasteiger partial charge in [-0.15, -0.1) is 0 Å². The van der Waals surface area contributed by atoms with Crippen LogP contribution in [0.25, 0.3) is 6.08 Å². The number of rotatable bonds is 4. The largest absolute Gasteiger partial charge is 0.504 e. The molecule has 0 saturated carbocycles. The number of ether oxygens (including phenoxy) is 1. The number of hydrogen-bond acceptors (Lipinski definition) is 3. The van der Waals surface area contributed by atoms with E-state index >= 15 is 0 Å². The Morgan fingerprint density at radius 1 is 1.56 bits per heavy atom. The summed E-state index contributed by atoms with van der Waals surface area (Å²) in [4.78, 5) is 10.6. The minimum atomic E-state index is -0.0838. The van der Waals surface area contributed by atoms with Crippen LogP contribution in [0.4, 0.5) is 0 Å². The topological polar surface area (TPSA) is 58.6 Å². The molecule has 86 valence electrons. The number of carbonyl (C=O) groups excluding carboxylic acids is 1. The zero-order valence-corrected chi connectivity index (χ0v) is 9.36. The molecule has 16 heavy (non-hydrogen) atoms. The van der Waals surface area contributed by atoms with Crippen LogP contribution in [0.3, 0.4) is 0 Å². The van der Waals surface area contributed by atoms with Gasteiger partial charge in [0.25, 0.3) is 0 Å². The fraction of sp³-hybridized carbons (Fsp3) is 0.250. The lowest BCUT2D eigenvalue weighted by Crippen LogP contribution is -2.19. The summed E-state index contributed by atoms with van der Waals surface area (Å²) in [5.74, 6) is 0.449. The van der Waals surface area contributed by atoms with Crippen molar-refractivity contribution in [3.05, 3.63) is 29.8 Å². The molecule has 2 N–H and O–H groups in total. The molecule has 1 amide bonds. The zero-order valence-electron chi connectivity index (χ0n) is 9.36. The number of methoxy groups -OCH3 is 1. The highest BCUT2D eigenvalue weighted by atomic mass is 16.5. The first-order valence-electron chi connectivity index (χ1n) is 4.92. The number of benzene rings is 1. The maximum absolute atomic E-state index is 10.6. The molecule has 0 aliphatic heterocycles. The first-order chi connectivity index (χ1) is 7.65. The van der Waals surface area contributed by atoms with Gasteiger partial charge in [0.15, 0.2) is 11.5 Å². The first kappa shape index (κ1) is 12.1. The van der Waals surface area contributed by atoms with E-state index in [9.17, 15) is 9.90 Å². The van der Waals surface area contributed by atoms with Gasteiger partial charge >= 0.3 is 0 Å². The summed E-state index contributed by atoms with van der Waals surface area (Å²) in [5, 5.41) is 12.4. The lowest BCUT2D eigenvalue weighted by molar-refractivity contribution is -0.118. The van der Waals surface area contributed by atoms with E-state index in [0.29, 0.717) is 17.9 Å². The zero-order chi connectivity index (χ0) is 12.0. The number of hydrogen-bond donors (Lipinski definition) is 2. The van der Waals surface area contributed by atoms with Crippen LogP contribution in [0.15, 0.2) is 24.3 Å². The van der Waals surface area contributed by atoms with E-state index in [4.69, 9.17) is 4.74 Å². The van der Waals surface area contributed by atoms with Crippen LogP contribution >= 0.6 is 0 Å². The predicted octanol–water partition coefficient (Wildman–Crippen LogP) is 1.55. The van der Waals surface area contributed by atoms with E-state index in [1.54, 1.807) is 30.4 Å². The molecule has 0 aromatic heterocycles. The fourth-order valence-corrected chi connectivity index (χ4v) is 1.23. The molecule has 0 aliphatic carbocycles. The Labute approximate surface area is 94.6 Å². The molecule has 0 atom stereocenters. The van der Waals surface area contributed by atoms with Crippen LogP contribution in [0, 0.1) is 0 Å². The van der Waals surface area contributed by atoms with Gasteiger partial charge in [0.1, 0.15) is 0 Å². The van der Waals surface area contributed by atoms with Crippen molar-refractivity contribution in [2.45, 2.75) is 6.92 Å². The van der Waals surface area contributed by atoms with Gasteiger partial charge in [-0.2, -0.15) is 0 Å². The molecule has 1 aromatic carbocycles. The molecule has 0 radical (unpaired) electrons. The Hall–Kier alpha value is -1.97. The van der Waals surface area contributed by atoms with E-state index in [1.165, 1.54) is 14.0 Å². The number of amides is 1. The summed E-state index contributed by atoms with van der Waals surface area (Å²) in [7, 11) is 1.50. The maximum Gasteiger partial charge on any atom is 0.217 e. The second-order valence-corrected chi connectivity index (χ2v) is 3.24. The lowest BCUT2D eigenvalue weighted by atomic mass is 10.1. The maximum atomic E-state index is 10.6. The molecular weight excluding hydrogens is 206 g/mol. The Morgan fingerprint density at radius 3 is 2.94 bits per heavy atom. The fourth-order valence-electron chi connectivity index (χ4n) is 1.23. The van der Waals surface area contributed by atoms with Crippen LogP contribution in [-0.4, -0.2) is 24.7 Å². The number of phenols is 1. The minimum absolute atomic E-state index is 0.0838. The summed E-state index contributed by atoms with van der Waals surface area (Å²) < 4.78 is 4.98. The Morgan fingerprint density at radius 2 is 2.31 bits per heavy atom. The number of nitrogens with one attached hydrogen (secondary N) is 1. The Kier molecular flexibility index (Phi) is 4.39. The SMILES string of the molecule is COc1cccc(C=CCNC(C)=O)c1O. The van der Waals surface area contributed by atoms with E-state index in [1.807, 2.05) is 0 Å². The Bertz CT molecular complexity index is 399. The van der Waals surface area contributed by atoms with E-state index < -0.39 is 0 Å². The van der Waals surface area contributed by atoms with Gasteiger partial charge < -0.3 is 15.2 Å². The molecule has 1 aromatic rings. The molecule has 1 rings (SSSR count). The van der Waals surface area contributed by atoms with Crippen LogP contribution < -0.4 is 10.1 Å². The molecule has 0 unspecified atom stereocenters. The van der Waals surface area contributed by atoms with Crippen molar-refractivity contribution < 1.29 is 14.6 Å². The lowest BCUT2D eigenvalue weighted by Gasteiger charge is -2.05. The highest BCUT2D eigenvalue weighted by Gasteiger charge is 2.03. The smallest absolute Gasteiger partial charge is 0.217 e. The molecule has 0 aliphatic rings. The summed E-state index contributed by atoms with van der Waals surface area (Å²) in [6.45, 7) is 1.89. The molecular formula is C12H15NO3. The van der Waals surface area contributed by atoms with Crippen molar-refractivity contribution in [2.75, 3.05) is 13.7 Å². The highest BCUT2D eigenvalue weighted by molar-refractivity contribution is 5.73. The quantitative estimate of drug-likeness (QED) is 0.811. The summed E-state index contributed by atoms with van der Waals surface area (Å²) >= 11 is 0. The second kappa shape index (κ2) is 5.80. The summed E-state index contributed by atoms with van der Waals surface area (Å²) in [5.41, 5.74) is 0.657. The van der Waals surface area contributed by atoms with E-state index in [2.05, 4.69) is 5.32 Å². The van der Waals surface area contributed by atoms with Crippen molar-refractivity contribution in [3.8, 4) is 11.5 Å². The van der Waals surface area contributed by atoms with Gasteiger partial charge in [-0.05, 0) is 6.07 Å². The number of phenolic OH excluding ortho intramolecular Hbond substituents is 1. The Balaban J connectivity index is 2.70. The molecule has 0 saturated heterocycles. The van der Waals surface area contributed by atoms with Gasteiger partial charge in [0.2, 0.25) is 5.91 Å². The normalized spacial score (nSPS) is 10.4. The van der Waals surface area contributed by atoms with Crippen molar-refractivity contribution in [1.29, 1.82) is 0 Å². The third-order valence-corrected chi connectivity index (χ3v) is 2.02. The van der Waals surface area contributed by atoms with Crippen molar-refractivity contribution in [1.82, 2.24) is 5.32 Å². The molecule has 0 heterocycles. The van der Waals surface area contributed by atoms with Gasteiger partial charge in [-0.3, -0.25) is 4.79 Å². The summed E-state index contributed by atoms with van der Waals surface area (Å²) in [6.07, 6.45) is 3.49. The van der Waals surface area contributed by atoms with Crippen LogP contribution in [0.2, 0.25) is 0 Å².